The van der Waals surface area contributed by atoms with Gasteiger partial charge in [-0.1, -0.05) is 42.0 Å². The van der Waals surface area contributed by atoms with Gasteiger partial charge in [0.05, 0.1) is 0 Å². The van der Waals surface area contributed by atoms with Gasteiger partial charge < -0.3 is 14.2 Å². The molecule has 4 aromatic rings. The highest BCUT2D eigenvalue weighted by atomic mass is 16.5. The first-order chi connectivity index (χ1) is 17.1. The number of carbonyl (C=O) groups excluding carboxylic acids is 1. The van der Waals surface area contributed by atoms with E-state index >= 15 is 0 Å². The maximum absolute atomic E-state index is 13.6. The maximum atomic E-state index is 13.6. The van der Waals surface area contributed by atoms with E-state index in [-0.39, 0.29) is 11.8 Å². The van der Waals surface area contributed by atoms with Crippen molar-refractivity contribution in [2.75, 3.05) is 13.1 Å². The fraction of sp³-hybridized carbons (Fsp3) is 0.276. The summed E-state index contributed by atoms with van der Waals surface area (Å²) in [6.45, 7) is 6.07. The van der Waals surface area contributed by atoms with Gasteiger partial charge in [0.1, 0.15) is 11.6 Å². The average Bonchev–Trinajstić information content (AvgIpc) is 3.30. The number of likely N-dealkylation sites (tertiary alicyclic amines) is 1. The highest BCUT2D eigenvalue weighted by molar-refractivity contribution is 5.95. The summed E-state index contributed by atoms with van der Waals surface area (Å²) in [6.07, 6.45) is 5.69. The van der Waals surface area contributed by atoms with Crippen LogP contribution in [0.1, 0.15) is 51.8 Å². The van der Waals surface area contributed by atoms with Gasteiger partial charge in [-0.05, 0) is 56.5 Å². The van der Waals surface area contributed by atoms with E-state index in [0.29, 0.717) is 19.0 Å². The van der Waals surface area contributed by atoms with Gasteiger partial charge in [-0.3, -0.25) is 4.79 Å². The second-order valence-corrected chi connectivity index (χ2v) is 9.17. The quantitative estimate of drug-likeness (QED) is 0.363. The molecule has 1 fully saturated rings. The second-order valence-electron chi connectivity index (χ2n) is 9.17. The molecule has 6 nitrogen and oxygen atoms in total. The fourth-order valence-electron chi connectivity index (χ4n) is 4.64. The van der Waals surface area contributed by atoms with Crippen molar-refractivity contribution in [3.05, 3.63) is 107 Å². The number of imidazole rings is 1. The number of nitrogens with zero attached hydrogens (tertiary/aromatic N) is 4. The largest absolute Gasteiger partial charge is 0.439 e. The predicted molar refractivity (Wildman–Crippen MR) is 136 cm³/mol. The van der Waals surface area contributed by atoms with E-state index < -0.39 is 0 Å². The Labute approximate surface area is 206 Å². The van der Waals surface area contributed by atoms with Gasteiger partial charge in [0.25, 0.3) is 5.91 Å². The van der Waals surface area contributed by atoms with Crippen molar-refractivity contribution in [1.82, 2.24) is 19.4 Å². The molecule has 35 heavy (non-hydrogen) atoms. The number of rotatable bonds is 6. The number of hydrogen-bond acceptors (Lipinski definition) is 4. The first-order valence-corrected chi connectivity index (χ1v) is 12.1. The summed E-state index contributed by atoms with van der Waals surface area (Å²) < 4.78 is 8.05. The fourth-order valence-corrected chi connectivity index (χ4v) is 4.64. The molecule has 0 aliphatic carbocycles. The van der Waals surface area contributed by atoms with E-state index in [9.17, 15) is 4.79 Å². The minimum atomic E-state index is 0.0788. The van der Waals surface area contributed by atoms with Crippen molar-refractivity contribution in [1.29, 1.82) is 0 Å². The van der Waals surface area contributed by atoms with Crippen molar-refractivity contribution in [2.45, 2.75) is 39.2 Å². The van der Waals surface area contributed by atoms with E-state index in [0.717, 1.165) is 47.8 Å². The Hall–Kier alpha value is -3.93. The zero-order valence-electron chi connectivity index (χ0n) is 20.2. The lowest BCUT2D eigenvalue weighted by atomic mass is 9.93. The lowest BCUT2D eigenvalue weighted by Crippen LogP contribution is -2.39. The van der Waals surface area contributed by atoms with Crippen molar-refractivity contribution in [3.8, 4) is 11.6 Å². The van der Waals surface area contributed by atoms with Gasteiger partial charge in [-0.2, -0.15) is 0 Å². The minimum absolute atomic E-state index is 0.0788. The number of piperidine rings is 1. The Morgan fingerprint density at radius 3 is 2.66 bits per heavy atom. The van der Waals surface area contributed by atoms with Crippen LogP contribution in [-0.4, -0.2) is 38.4 Å². The number of aromatic nitrogens is 3. The molecule has 0 spiro atoms. The standard InChI is InChI=1S/C29H30N4O2/c1-21-12-14-25(15-13-21)35-28-11-5-10-27(31-28)24-8-6-17-33(20-24)29(34)26-9-4-3-7-23(26)19-32-18-16-30-22(32)2/h3-5,7,9-16,18,24H,6,8,17,19-20H2,1-2H3. The molecule has 1 atom stereocenters. The smallest absolute Gasteiger partial charge is 0.254 e. The van der Waals surface area contributed by atoms with Crippen LogP contribution in [-0.2, 0) is 6.54 Å². The van der Waals surface area contributed by atoms with E-state index in [1.165, 1.54) is 5.56 Å². The number of hydrogen-bond donors (Lipinski definition) is 0. The number of pyridine rings is 1. The summed E-state index contributed by atoms with van der Waals surface area (Å²) in [5, 5.41) is 0. The lowest BCUT2D eigenvalue weighted by molar-refractivity contribution is 0.0704. The number of benzene rings is 2. The van der Waals surface area contributed by atoms with Crippen LogP contribution in [0.4, 0.5) is 0 Å². The zero-order chi connectivity index (χ0) is 24.2. The topological polar surface area (TPSA) is 60.2 Å². The molecule has 1 aliphatic heterocycles. The van der Waals surface area contributed by atoms with Crippen LogP contribution in [0.15, 0.2) is 79.1 Å². The van der Waals surface area contributed by atoms with Crippen LogP contribution in [0, 0.1) is 13.8 Å². The van der Waals surface area contributed by atoms with E-state index in [2.05, 4.69) is 16.5 Å². The maximum Gasteiger partial charge on any atom is 0.254 e. The first-order valence-electron chi connectivity index (χ1n) is 12.1. The Balaban J connectivity index is 1.31. The van der Waals surface area contributed by atoms with Gasteiger partial charge in [0.15, 0.2) is 0 Å². The molecular weight excluding hydrogens is 436 g/mol. The van der Waals surface area contributed by atoms with Gasteiger partial charge in [-0.25, -0.2) is 9.97 Å². The lowest BCUT2D eigenvalue weighted by Gasteiger charge is -2.33. The number of ether oxygens (including phenoxy) is 1. The summed E-state index contributed by atoms with van der Waals surface area (Å²) in [6, 6.07) is 21.7. The molecule has 1 aliphatic rings. The Kier molecular flexibility index (Phi) is 6.62. The third-order valence-electron chi connectivity index (χ3n) is 6.63. The molecule has 0 saturated carbocycles. The average molecular weight is 467 g/mol. The van der Waals surface area contributed by atoms with Gasteiger partial charge in [0, 0.05) is 55.3 Å². The van der Waals surface area contributed by atoms with E-state index in [4.69, 9.17) is 9.72 Å². The van der Waals surface area contributed by atoms with Crippen LogP contribution >= 0.6 is 0 Å². The van der Waals surface area contributed by atoms with Crippen molar-refractivity contribution in [3.63, 3.8) is 0 Å². The summed E-state index contributed by atoms with van der Waals surface area (Å²) in [4.78, 5) is 24.7. The summed E-state index contributed by atoms with van der Waals surface area (Å²) in [5.41, 5.74) is 3.92. The molecule has 5 rings (SSSR count). The predicted octanol–water partition coefficient (Wildman–Crippen LogP) is 5.76. The zero-order valence-corrected chi connectivity index (χ0v) is 20.2. The molecular formula is C29H30N4O2. The highest BCUT2D eigenvalue weighted by Gasteiger charge is 2.27. The normalized spacial score (nSPS) is 15.7. The van der Waals surface area contributed by atoms with Crippen LogP contribution < -0.4 is 4.74 Å². The minimum Gasteiger partial charge on any atom is -0.439 e. The van der Waals surface area contributed by atoms with Gasteiger partial charge >= 0.3 is 0 Å². The molecule has 1 saturated heterocycles. The molecule has 0 N–H and O–H groups in total. The molecule has 2 aromatic heterocycles. The molecule has 2 aromatic carbocycles. The van der Waals surface area contributed by atoms with Crippen LogP contribution in [0.3, 0.4) is 0 Å². The van der Waals surface area contributed by atoms with Crippen LogP contribution in [0.2, 0.25) is 0 Å². The molecule has 0 bridgehead atoms. The molecule has 1 unspecified atom stereocenters. The third-order valence-corrected chi connectivity index (χ3v) is 6.63. The summed E-state index contributed by atoms with van der Waals surface area (Å²) in [5.74, 6) is 2.54. The molecule has 178 valence electrons. The van der Waals surface area contributed by atoms with Crippen LogP contribution in [0.25, 0.3) is 0 Å². The summed E-state index contributed by atoms with van der Waals surface area (Å²) in [7, 11) is 0. The Bertz CT molecular complexity index is 1310. The van der Waals surface area contributed by atoms with Gasteiger partial charge in [0.2, 0.25) is 5.88 Å². The van der Waals surface area contributed by atoms with Crippen molar-refractivity contribution in [2.24, 2.45) is 0 Å². The molecule has 0 radical (unpaired) electrons. The first kappa shape index (κ1) is 22.8. The van der Waals surface area contributed by atoms with Crippen molar-refractivity contribution >= 4 is 5.91 Å². The number of carbonyl (C=O) groups is 1. The SMILES string of the molecule is Cc1ccc(Oc2cccc(C3CCCN(C(=O)c4ccccc4Cn4ccnc4C)C3)n2)cc1. The van der Waals surface area contributed by atoms with Gasteiger partial charge in [-0.15, -0.1) is 0 Å². The second kappa shape index (κ2) is 10.1. The number of amides is 1. The monoisotopic (exact) mass is 466 g/mol. The Morgan fingerprint density at radius 2 is 1.86 bits per heavy atom. The highest BCUT2D eigenvalue weighted by Crippen LogP contribution is 2.29. The molecule has 1 amide bonds. The van der Waals surface area contributed by atoms with Crippen molar-refractivity contribution < 1.29 is 9.53 Å². The number of aryl methyl sites for hydroxylation is 2. The Morgan fingerprint density at radius 1 is 1.03 bits per heavy atom. The molecule has 3 heterocycles. The third kappa shape index (κ3) is 5.27. The van der Waals surface area contributed by atoms with Crippen LogP contribution in [0.5, 0.6) is 11.6 Å². The molecule has 6 heteroatoms. The van der Waals surface area contributed by atoms with E-state index in [1.54, 1.807) is 6.20 Å². The summed E-state index contributed by atoms with van der Waals surface area (Å²) >= 11 is 0. The van der Waals surface area contributed by atoms with E-state index in [1.807, 2.05) is 84.8 Å².